The van der Waals surface area contributed by atoms with Crippen molar-refractivity contribution < 1.29 is 19.0 Å². The van der Waals surface area contributed by atoms with Gasteiger partial charge in [0.2, 0.25) is 0 Å². The van der Waals surface area contributed by atoms with Crippen LogP contribution in [0.3, 0.4) is 0 Å². The second-order valence-electron chi connectivity index (χ2n) is 7.06. The van der Waals surface area contributed by atoms with Gasteiger partial charge in [0, 0.05) is 4.88 Å². The lowest BCUT2D eigenvalue weighted by molar-refractivity contribution is -0.139. The van der Waals surface area contributed by atoms with E-state index in [0.29, 0.717) is 37.7 Å². The number of hydrogen-bond acceptors (Lipinski definition) is 8. The maximum absolute atomic E-state index is 13.6. The Balaban J connectivity index is 1.97. The molecule has 0 aliphatic carbocycles. The normalized spacial score (nSPS) is 15.8. The zero-order valence-electron chi connectivity index (χ0n) is 18.4. The van der Waals surface area contributed by atoms with Crippen molar-refractivity contribution in [2.75, 3.05) is 20.8 Å². The summed E-state index contributed by atoms with van der Waals surface area (Å²) in [6.07, 6.45) is 1.84. The molecule has 3 heterocycles. The van der Waals surface area contributed by atoms with E-state index >= 15 is 0 Å². The molecule has 0 saturated carbocycles. The lowest BCUT2D eigenvalue weighted by atomic mass is 9.95. The number of rotatable bonds is 6. The summed E-state index contributed by atoms with van der Waals surface area (Å²) in [5.41, 5.74) is 1.30. The third-order valence-electron chi connectivity index (χ3n) is 5.11. The van der Waals surface area contributed by atoms with Gasteiger partial charge in [0.15, 0.2) is 16.3 Å². The molecule has 1 atom stereocenters. The topological polar surface area (TPSA) is 79.1 Å². The summed E-state index contributed by atoms with van der Waals surface area (Å²) in [7, 11) is 3.09. The lowest BCUT2D eigenvalue weighted by Crippen LogP contribution is -2.39. The molecule has 4 rings (SSSR count). The van der Waals surface area contributed by atoms with Gasteiger partial charge in [0.25, 0.3) is 5.56 Å². The molecule has 0 amide bonds. The Labute approximate surface area is 206 Å². The predicted molar refractivity (Wildman–Crippen MR) is 132 cm³/mol. The maximum Gasteiger partial charge on any atom is 0.338 e. The standard InChI is InChI=1S/C23H21BrN2O5S2/c1-5-31-22(28)19-12(2)25-23-26(20(19)13-6-8-15(29-3)16(10-13)30-4)21(27)17(33-23)11-14-7-9-18(24)32-14/h6-11,20H,5H2,1-4H3/b17-11+/t20-/m0/s1. The number of hydrogen-bond donors (Lipinski definition) is 0. The van der Waals surface area contributed by atoms with Crippen molar-refractivity contribution in [2.45, 2.75) is 19.9 Å². The van der Waals surface area contributed by atoms with E-state index in [4.69, 9.17) is 14.2 Å². The van der Waals surface area contributed by atoms with Gasteiger partial charge in [-0.15, -0.1) is 11.3 Å². The van der Waals surface area contributed by atoms with Crippen LogP contribution in [0.15, 0.2) is 55.2 Å². The summed E-state index contributed by atoms with van der Waals surface area (Å²) in [6, 6.07) is 8.51. The van der Waals surface area contributed by atoms with Gasteiger partial charge < -0.3 is 14.2 Å². The van der Waals surface area contributed by atoms with E-state index < -0.39 is 12.0 Å². The molecule has 0 bridgehead atoms. The van der Waals surface area contributed by atoms with Crippen LogP contribution in [0, 0.1) is 0 Å². The smallest absolute Gasteiger partial charge is 0.338 e. The molecule has 0 radical (unpaired) electrons. The van der Waals surface area contributed by atoms with Gasteiger partial charge in [-0.1, -0.05) is 17.4 Å². The van der Waals surface area contributed by atoms with Crippen LogP contribution < -0.4 is 24.4 Å². The van der Waals surface area contributed by atoms with E-state index in [2.05, 4.69) is 20.9 Å². The van der Waals surface area contributed by atoms with Crippen LogP contribution in [0.2, 0.25) is 0 Å². The molecular weight excluding hydrogens is 528 g/mol. The fraction of sp³-hybridized carbons (Fsp3) is 0.261. The fourth-order valence-corrected chi connectivity index (χ4v) is 6.14. The largest absolute Gasteiger partial charge is 0.493 e. The van der Waals surface area contributed by atoms with Gasteiger partial charge in [-0.2, -0.15) is 0 Å². The first-order valence-corrected chi connectivity index (χ1v) is 12.5. The number of fused-ring (bicyclic) bond motifs is 1. The number of methoxy groups -OCH3 is 2. The lowest BCUT2D eigenvalue weighted by Gasteiger charge is -2.25. The first-order chi connectivity index (χ1) is 15.9. The summed E-state index contributed by atoms with van der Waals surface area (Å²) in [5, 5.41) is 0. The quantitative estimate of drug-likeness (QED) is 0.439. The van der Waals surface area contributed by atoms with Crippen molar-refractivity contribution in [3.8, 4) is 11.5 Å². The zero-order valence-corrected chi connectivity index (χ0v) is 21.6. The zero-order chi connectivity index (χ0) is 23.7. The number of thiophene rings is 1. The van der Waals surface area contributed by atoms with Gasteiger partial charge in [0.1, 0.15) is 0 Å². The van der Waals surface area contributed by atoms with Gasteiger partial charge in [-0.3, -0.25) is 9.36 Å². The summed E-state index contributed by atoms with van der Waals surface area (Å²) in [6.45, 7) is 3.72. The number of halogens is 1. The minimum Gasteiger partial charge on any atom is -0.493 e. The van der Waals surface area contributed by atoms with E-state index in [1.807, 2.05) is 24.3 Å². The highest BCUT2D eigenvalue weighted by atomic mass is 79.9. The first-order valence-electron chi connectivity index (χ1n) is 10.0. The van der Waals surface area contributed by atoms with E-state index in [-0.39, 0.29) is 12.2 Å². The van der Waals surface area contributed by atoms with Crippen molar-refractivity contribution in [1.29, 1.82) is 0 Å². The molecule has 3 aromatic rings. The molecule has 172 valence electrons. The Bertz CT molecular complexity index is 1430. The minimum atomic E-state index is -0.711. The second-order valence-corrected chi connectivity index (χ2v) is 10.6. The molecular formula is C23H21BrN2O5S2. The molecule has 1 aliphatic rings. The molecule has 10 heteroatoms. The van der Waals surface area contributed by atoms with Gasteiger partial charge >= 0.3 is 5.97 Å². The highest BCUT2D eigenvalue weighted by Crippen LogP contribution is 2.36. The van der Waals surface area contributed by atoms with E-state index in [0.717, 1.165) is 8.66 Å². The van der Waals surface area contributed by atoms with Crippen LogP contribution in [0.25, 0.3) is 6.08 Å². The van der Waals surface area contributed by atoms with Crippen molar-refractivity contribution >= 4 is 50.6 Å². The number of allylic oxidation sites excluding steroid dienone is 1. The summed E-state index contributed by atoms with van der Waals surface area (Å²) in [4.78, 5) is 32.6. The number of aromatic nitrogens is 1. The molecule has 33 heavy (non-hydrogen) atoms. The highest BCUT2D eigenvalue weighted by molar-refractivity contribution is 9.11. The Morgan fingerprint density at radius 1 is 1.18 bits per heavy atom. The van der Waals surface area contributed by atoms with E-state index in [1.54, 1.807) is 44.8 Å². The number of carbonyl (C=O) groups excluding carboxylic acids is 1. The average molecular weight is 549 g/mol. The number of esters is 1. The Kier molecular flexibility index (Phi) is 6.87. The second kappa shape index (κ2) is 9.66. The highest BCUT2D eigenvalue weighted by Gasteiger charge is 2.33. The van der Waals surface area contributed by atoms with Crippen molar-refractivity contribution in [3.05, 3.63) is 75.5 Å². The van der Waals surface area contributed by atoms with Crippen LogP contribution in [-0.2, 0) is 9.53 Å². The average Bonchev–Trinajstić information content (AvgIpc) is 3.34. The number of ether oxygens (including phenoxy) is 3. The summed E-state index contributed by atoms with van der Waals surface area (Å²) in [5.74, 6) is 0.545. The van der Waals surface area contributed by atoms with Crippen molar-refractivity contribution in [3.63, 3.8) is 0 Å². The molecule has 0 unspecified atom stereocenters. The number of nitrogens with zero attached hydrogens (tertiary/aromatic N) is 2. The Morgan fingerprint density at radius 2 is 1.94 bits per heavy atom. The van der Waals surface area contributed by atoms with E-state index in [1.165, 1.54) is 22.7 Å². The molecule has 7 nitrogen and oxygen atoms in total. The van der Waals surface area contributed by atoms with Crippen LogP contribution in [0.4, 0.5) is 0 Å². The molecule has 0 fully saturated rings. The van der Waals surface area contributed by atoms with Crippen molar-refractivity contribution in [1.82, 2.24) is 4.57 Å². The van der Waals surface area contributed by atoms with Crippen LogP contribution in [0.5, 0.6) is 11.5 Å². The third kappa shape index (κ3) is 4.42. The van der Waals surface area contributed by atoms with Gasteiger partial charge in [0.05, 0.1) is 46.5 Å². The third-order valence-corrected chi connectivity index (χ3v) is 7.66. The SMILES string of the molecule is CCOC(=O)C1=C(C)N=c2s/c(=C/c3ccc(Br)s3)c(=O)n2[C@H]1c1ccc(OC)c(OC)c1. The van der Waals surface area contributed by atoms with Gasteiger partial charge in [-0.25, -0.2) is 9.79 Å². The molecule has 0 spiro atoms. The molecule has 1 aliphatic heterocycles. The Hall–Kier alpha value is -2.69. The summed E-state index contributed by atoms with van der Waals surface area (Å²) >= 11 is 6.27. The molecule has 1 aromatic carbocycles. The minimum absolute atomic E-state index is 0.214. The van der Waals surface area contributed by atoms with Crippen LogP contribution in [0.1, 0.15) is 30.3 Å². The van der Waals surface area contributed by atoms with Crippen LogP contribution in [-0.4, -0.2) is 31.4 Å². The molecule has 0 saturated heterocycles. The maximum atomic E-state index is 13.6. The first kappa shape index (κ1) is 23.5. The number of benzene rings is 1. The predicted octanol–water partition coefficient (Wildman–Crippen LogP) is 3.64. The van der Waals surface area contributed by atoms with E-state index in [9.17, 15) is 9.59 Å². The molecule has 2 aromatic heterocycles. The summed E-state index contributed by atoms with van der Waals surface area (Å²) < 4.78 is 19.2. The van der Waals surface area contributed by atoms with Crippen LogP contribution >= 0.6 is 38.6 Å². The number of thiazole rings is 1. The fourth-order valence-electron chi connectivity index (χ4n) is 3.66. The Morgan fingerprint density at radius 3 is 2.58 bits per heavy atom. The monoisotopic (exact) mass is 548 g/mol. The number of carbonyl (C=O) groups is 1. The van der Waals surface area contributed by atoms with Crippen molar-refractivity contribution in [2.24, 2.45) is 4.99 Å². The molecule has 0 N–H and O–H groups in total. The van der Waals surface area contributed by atoms with Gasteiger partial charge in [-0.05, 0) is 65.7 Å².